The van der Waals surface area contributed by atoms with Gasteiger partial charge in [0.15, 0.2) is 0 Å². The molecule has 2 amide bonds. The summed E-state index contributed by atoms with van der Waals surface area (Å²) in [5.74, 6) is 3.13. The highest BCUT2D eigenvalue weighted by molar-refractivity contribution is 6.09. The topological polar surface area (TPSA) is 86.3 Å². The first-order valence-electron chi connectivity index (χ1n) is 28.7. The van der Waals surface area contributed by atoms with Gasteiger partial charge < -0.3 is 23.9 Å². The first-order chi connectivity index (χ1) is 34.8. The molecule has 0 N–H and O–H groups in total. The van der Waals surface area contributed by atoms with Crippen molar-refractivity contribution < 1.29 is 23.5 Å². The van der Waals surface area contributed by atoms with Crippen LogP contribution in [0, 0.1) is 56.7 Å². The van der Waals surface area contributed by atoms with Gasteiger partial charge in [-0.25, -0.2) is 4.58 Å². The Morgan fingerprint density at radius 1 is 0.740 bits per heavy atom. The second-order valence-corrected chi connectivity index (χ2v) is 25.1. The van der Waals surface area contributed by atoms with Crippen molar-refractivity contribution in [3.8, 4) is 22.5 Å². The van der Waals surface area contributed by atoms with E-state index in [9.17, 15) is 4.79 Å². The van der Waals surface area contributed by atoms with Crippen molar-refractivity contribution in [3.05, 3.63) is 83.7 Å². The van der Waals surface area contributed by atoms with E-state index in [0.717, 1.165) is 122 Å². The summed E-state index contributed by atoms with van der Waals surface area (Å²) in [6, 6.07) is 21.1. The summed E-state index contributed by atoms with van der Waals surface area (Å²) < 4.78 is 15.2. The second-order valence-electron chi connectivity index (χ2n) is 25.1. The molecule has 0 aromatic heterocycles. The van der Waals surface area contributed by atoms with Gasteiger partial charge in [-0.15, -0.1) is 0 Å². The van der Waals surface area contributed by atoms with Gasteiger partial charge in [-0.2, -0.15) is 0 Å². The molecule has 10 rings (SSSR count). The number of carbonyl (C=O) groups is 3. The lowest BCUT2D eigenvalue weighted by molar-refractivity contribution is -0.249. The van der Waals surface area contributed by atoms with Gasteiger partial charge in [-0.3, -0.25) is 14.4 Å². The lowest BCUT2D eigenvalue weighted by atomic mass is 9.32. The summed E-state index contributed by atoms with van der Waals surface area (Å²) in [7, 11) is 0. The van der Waals surface area contributed by atoms with Gasteiger partial charge in [0.05, 0.1) is 11.5 Å². The fourth-order valence-corrected chi connectivity index (χ4v) is 18.1. The molecule has 5 saturated carbocycles. The van der Waals surface area contributed by atoms with Gasteiger partial charge in [0.2, 0.25) is 11.3 Å². The summed E-state index contributed by atoms with van der Waals surface area (Å²) in [5, 5.41) is 2.09. The Balaban J connectivity index is 0.919. The monoisotopic (exact) mass is 992 g/mol. The second kappa shape index (κ2) is 19.0. The summed E-state index contributed by atoms with van der Waals surface area (Å²) in [4.78, 5) is 49.5. The van der Waals surface area contributed by atoms with E-state index in [1.54, 1.807) is 6.92 Å². The quantitative estimate of drug-likeness (QED) is 0.0681. The molecular weight excluding hydrogens is 905 g/mol. The average Bonchev–Trinajstić information content (AvgIpc) is 3.78. The van der Waals surface area contributed by atoms with E-state index in [2.05, 4.69) is 133 Å². The first-order valence-corrected chi connectivity index (χ1v) is 28.7. The third kappa shape index (κ3) is 7.95. The number of fused-ring (bicyclic) bond motifs is 9. The Labute approximate surface area is 437 Å². The molecule has 0 bridgehead atoms. The van der Waals surface area contributed by atoms with Crippen molar-refractivity contribution in [2.45, 2.75) is 146 Å². The zero-order chi connectivity index (χ0) is 52.0. The number of benzene rings is 3. The van der Waals surface area contributed by atoms with Crippen LogP contribution in [0.2, 0.25) is 0 Å². The van der Waals surface area contributed by atoms with Crippen molar-refractivity contribution in [2.75, 3.05) is 57.3 Å². The van der Waals surface area contributed by atoms with Crippen molar-refractivity contribution in [1.82, 2.24) is 14.4 Å². The van der Waals surface area contributed by atoms with Crippen LogP contribution in [-0.2, 0) is 14.3 Å². The zero-order valence-electron chi connectivity index (χ0n) is 46.5. The van der Waals surface area contributed by atoms with Gasteiger partial charge in [-0.05, 0) is 174 Å². The van der Waals surface area contributed by atoms with Crippen molar-refractivity contribution >= 4 is 34.4 Å². The predicted octanol–water partition coefficient (Wildman–Crippen LogP) is 12.7. The minimum atomic E-state index is -0.405. The number of nitrogens with zero attached hydrogens (tertiary/aromatic N) is 4. The predicted molar refractivity (Wildman–Crippen MR) is 295 cm³/mol. The number of hydrogen-bond acceptors (Lipinski definition) is 6. The molecule has 1 saturated heterocycles. The van der Waals surface area contributed by atoms with Crippen LogP contribution in [0.5, 0.6) is 0 Å². The van der Waals surface area contributed by atoms with Crippen LogP contribution in [-0.4, -0.2) is 86.0 Å². The van der Waals surface area contributed by atoms with Crippen LogP contribution in [0.1, 0.15) is 151 Å². The number of esters is 1. The van der Waals surface area contributed by atoms with Gasteiger partial charge in [0, 0.05) is 91.5 Å². The largest absolute Gasteiger partial charge is 0.462 e. The molecule has 2 aromatic carbocycles. The molecule has 10 atom stereocenters. The summed E-state index contributed by atoms with van der Waals surface area (Å²) in [6.45, 7) is 35.5. The van der Waals surface area contributed by atoms with Crippen LogP contribution in [0.4, 0.5) is 5.69 Å². The third-order valence-corrected chi connectivity index (χ3v) is 22.0. The van der Waals surface area contributed by atoms with E-state index < -0.39 is 5.41 Å². The van der Waals surface area contributed by atoms with E-state index in [1.807, 2.05) is 23.1 Å². The molecule has 392 valence electrons. The van der Waals surface area contributed by atoms with Crippen molar-refractivity contribution in [2.24, 2.45) is 56.7 Å². The maximum Gasteiger partial charge on any atom is 0.302 e. The summed E-state index contributed by atoms with van der Waals surface area (Å²) >= 11 is 0. The van der Waals surface area contributed by atoms with Crippen LogP contribution in [0.3, 0.4) is 0 Å². The standard InChI is InChI=1S/C64H87N4O5/c1-13-65(14-2)43-21-23-48-51(39-43)73-52-40-44(66(15-3)16-4)22-24-49(52)56(48)46-19-17-18-20-47(46)58(70)67-35-37-68(38-36-67)59(71)64-32-27-45(41(5)6)57(64)50-25-26-54-61(10)30-29-55(72-42(7)69)60(8,9)53(61)28-31-63(54,12)62(50,11)33-34-64/h17-24,39-40,45,50,53-55,57H,5,13-16,25-38H2,1-4,6-12H3/q+1/t45-,50+,53-,54+,55-,57+,61-,62+,63+,64-/m0/s1. The number of amides is 2. The fraction of sp³-hybridized carbons (Fsp3) is 0.625. The highest BCUT2D eigenvalue weighted by Gasteiger charge is 2.72. The molecule has 9 heteroatoms. The molecule has 0 spiro atoms. The summed E-state index contributed by atoms with van der Waals surface area (Å²) in [6.07, 6.45) is 10.7. The maximum atomic E-state index is 15.7. The highest BCUT2D eigenvalue weighted by atomic mass is 16.5. The van der Waals surface area contributed by atoms with Crippen LogP contribution in [0.15, 0.2) is 77.2 Å². The van der Waals surface area contributed by atoms with E-state index in [4.69, 9.17) is 9.15 Å². The fourth-order valence-electron chi connectivity index (χ4n) is 18.1. The van der Waals surface area contributed by atoms with Gasteiger partial charge in [0.1, 0.15) is 30.5 Å². The smallest absolute Gasteiger partial charge is 0.302 e. The Hall–Kier alpha value is -4.92. The molecule has 6 aliphatic carbocycles. The molecule has 2 heterocycles. The van der Waals surface area contributed by atoms with Gasteiger partial charge in [0.25, 0.3) is 5.91 Å². The van der Waals surface area contributed by atoms with E-state index >= 15 is 9.59 Å². The van der Waals surface area contributed by atoms with Crippen molar-refractivity contribution in [3.63, 3.8) is 0 Å². The minimum Gasteiger partial charge on any atom is -0.462 e. The number of rotatable bonds is 10. The lowest BCUT2D eigenvalue weighted by Crippen LogP contribution is -2.67. The Morgan fingerprint density at radius 2 is 1.45 bits per heavy atom. The molecular formula is C64H87N4O5+. The number of hydrogen-bond donors (Lipinski definition) is 0. The molecule has 0 radical (unpaired) electrons. The number of anilines is 1. The third-order valence-electron chi connectivity index (χ3n) is 22.0. The molecule has 6 fully saturated rings. The van der Waals surface area contributed by atoms with E-state index in [0.29, 0.717) is 61.3 Å². The molecule has 9 nitrogen and oxygen atoms in total. The van der Waals surface area contributed by atoms with E-state index in [-0.39, 0.29) is 45.6 Å². The first kappa shape index (κ1) is 51.6. The molecule has 0 unspecified atom stereocenters. The normalized spacial score (nSPS) is 32.5. The van der Waals surface area contributed by atoms with Crippen LogP contribution < -0.4 is 14.8 Å². The maximum absolute atomic E-state index is 15.7. The molecule has 2 aliphatic heterocycles. The van der Waals surface area contributed by atoms with Crippen LogP contribution >= 0.6 is 0 Å². The average molecular weight is 992 g/mol. The Kier molecular flexibility index (Phi) is 13.4. The zero-order valence-corrected chi connectivity index (χ0v) is 46.5. The van der Waals surface area contributed by atoms with E-state index in [1.165, 1.54) is 18.4 Å². The molecule has 2 aromatic rings. The number of carbonyl (C=O) groups excluding carboxylic acids is 3. The molecule has 8 aliphatic rings. The minimum absolute atomic E-state index is 0.00803. The van der Waals surface area contributed by atoms with Gasteiger partial charge in [-0.1, -0.05) is 65.0 Å². The number of allylic oxidation sites excluding steroid dienone is 1. The van der Waals surface area contributed by atoms with Crippen LogP contribution in [0.25, 0.3) is 33.4 Å². The number of ether oxygens (including phenoxy) is 1. The number of piperazine rings is 1. The Morgan fingerprint density at radius 3 is 2.14 bits per heavy atom. The SMILES string of the molecule is C=C(C)[C@@H]1CC[C@]2(C(=O)N3CCN(C(=O)c4ccccc4-c4c5ccc(=[N+](CC)CC)cc-5oc5cc(N(CC)CC)ccc45)CC3)CC[C@]3(C)[C@H](CC[C@@H]4[C@@]5(C)CC[C@H](OC(C)=O)C(C)(C)[C@@H]5CC[C@]43C)[C@@H]12. The Bertz CT molecular complexity index is 2840. The highest BCUT2D eigenvalue weighted by Crippen LogP contribution is 2.78. The summed E-state index contributed by atoms with van der Waals surface area (Å²) in [5.41, 5.74) is 6.68. The van der Waals surface area contributed by atoms with Gasteiger partial charge >= 0.3 is 5.97 Å². The van der Waals surface area contributed by atoms with Crippen molar-refractivity contribution in [1.29, 1.82) is 0 Å². The lowest BCUT2D eigenvalue weighted by Gasteiger charge is -2.73. The molecule has 73 heavy (non-hydrogen) atoms.